The third-order valence-electron chi connectivity index (χ3n) is 1.45. The maximum Gasteiger partial charge on any atom is 0.438 e. The molecule has 3 N–H and O–H groups in total. The number of rotatable bonds is 2. The molecule has 0 saturated carbocycles. The molecule has 0 fully saturated rings. The van der Waals surface area contributed by atoms with E-state index in [-0.39, 0.29) is 5.82 Å². The molecule has 72 valence electrons. The molecule has 1 amide bonds. The zero-order valence-electron chi connectivity index (χ0n) is 7.12. The van der Waals surface area contributed by atoms with Crippen molar-refractivity contribution in [3.63, 3.8) is 0 Å². The van der Waals surface area contributed by atoms with E-state index >= 15 is 0 Å². The van der Waals surface area contributed by atoms with Gasteiger partial charge in [-0.05, 0) is 13.8 Å². The summed E-state index contributed by atoms with van der Waals surface area (Å²) in [5.74, 6) is -0.574. The van der Waals surface area contributed by atoms with Crippen LogP contribution >= 0.6 is 0 Å². The molecule has 0 spiro atoms. The Kier molecular flexibility index (Phi) is 2.09. The lowest BCUT2D eigenvalue weighted by molar-refractivity contribution is 0.180. The van der Waals surface area contributed by atoms with Gasteiger partial charge in [0.1, 0.15) is 0 Å². The van der Waals surface area contributed by atoms with Gasteiger partial charge >= 0.3 is 11.8 Å². The Morgan fingerprint density at radius 3 is 2.69 bits per heavy atom. The van der Waals surface area contributed by atoms with Gasteiger partial charge in [-0.15, -0.1) is 0 Å². The van der Waals surface area contributed by atoms with Crippen molar-refractivity contribution in [1.82, 2.24) is 15.5 Å². The molecule has 7 nitrogen and oxygen atoms in total. The highest BCUT2D eigenvalue weighted by molar-refractivity contribution is 5.65. The maximum absolute atomic E-state index is 10.6. The second-order valence-electron chi connectivity index (χ2n) is 3.00. The number of H-pyrrole nitrogens is 1. The number of hydrogen-bond donors (Lipinski definition) is 3. The van der Waals surface area contributed by atoms with Gasteiger partial charge < -0.3 is 10.4 Å². The van der Waals surface area contributed by atoms with Crippen molar-refractivity contribution < 1.29 is 14.4 Å². The Morgan fingerprint density at radius 1 is 1.69 bits per heavy atom. The summed E-state index contributed by atoms with van der Waals surface area (Å²) in [5, 5.41) is 14.0. The normalized spacial score (nSPS) is 11.2. The van der Waals surface area contributed by atoms with E-state index in [4.69, 9.17) is 5.11 Å². The van der Waals surface area contributed by atoms with Gasteiger partial charge in [0.25, 0.3) is 0 Å². The molecular formula is C6H9N3O4. The van der Waals surface area contributed by atoms with Crippen molar-refractivity contribution >= 4 is 6.09 Å². The average molecular weight is 187 g/mol. The zero-order chi connectivity index (χ0) is 10.1. The highest BCUT2D eigenvalue weighted by atomic mass is 16.5. The number of nitrogens with one attached hydrogen (secondary N) is 2. The van der Waals surface area contributed by atoms with Crippen LogP contribution in [0, 0.1) is 0 Å². The van der Waals surface area contributed by atoms with E-state index in [1.54, 1.807) is 13.8 Å². The lowest BCUT2D eigenvalue weighted by Crippen LogP contribution is -2.41. The minimum absolute atomic E-state index is 0.139. The summed E-state index contributed by atoms with van der Waals surface area (Å²) in [7, 11) is 0. The summed E-state index contributed by atoms with van der Waals surface area (Å²) in [5.41, 5.74) is -0.974. The molecule has 7 heteroatoms. The second kappa shape index (κ2) is 2.92. The van der Waals surface area contributed by atoms with Crippen molar-refractivity contribution in [2.24, 2.45) is 0 Å². The van der Waals surface area contributed by atoms with Crippen LogP contribution in [-0.4, -0.2) is 21.3 Å². The first-order chi connectivity index (χ1) is 5.92. The fourth-order valence-electron chi connectivity index (χ4n) is 0.826. The van der Waals surface area contributed by atoms with Crippen LogP contribution in [0.2, 0.25) is 0 Å². The Morgan fingerprint density at radius 2 is 2.31 bits per heavy atom. The van der Waals surface area contributed by atoms with Gasteiger partial charge in [-0.2, -0.15) is 0 Å². The van der Waals surface area contributed by atoms with Gasteiger partial charge in [0.05, 0.1) is 5.54 Å². The molecule has 1 rings (SSSR count). The monoisotopic (exact) mass is 187 g/mol. The quantitative estimate of drug-likeness (QED) is 0.597. The van der Waals surface area contributed by atoms with E-state index in [0.717, 1.165) is 0 Å². The van der Waals surface area contributed by atoms with Crippen LogP contribution < -0.4 is 11.1 Å². The Labute approximate surface area is 72.7 Å². The van der Waals surface area contributed by atoms with Crippen LogP contribution in [0.3, 0.4) is 0 Å². The summed E-state index contributed by atoms with van der Waals surface area (Å²) in [6, 6.07) is 0. The molecule has 0 aliphatic rings. The van der Waals surface area contributed by atoms with E-state index in [1.165, 1.54) is 0 Å². The summed E-state index contributed by atoms with van der Waals surface area (Å²) in [6.07, 6.45) is -1.20. The van der Waals surface area contributed by atoms with E-state index in [0.29, 0.717) is 0 Å². The number of hydrogen-bond acceptors (Lipinski definition) is 4. The van der Waals surface area contributed by atoms with E-state index in [2.05, 4.69) is 20.0 Å². The summed E-state index contributed by atoms with van der Waals surface area (Å²) < 4.78 is 4.24. The molecule has 0 radical (unpaired) electrons. The topological polar surface area (TPSA) is 108 Å². The van der Waals surface area contributed by atoms with Gasteiger partial charge in [-0.1, -0.05) is 5.16 Å². The lowest BCUT2D eigenvalue weighted by atomic mass is 10.1. The van der Waals surface area contributed by atoms with Gasteiger partial charge in [0, 0.05) is 0 Å². The highest BCUT2D eigenvalue weighted by Gasteiger charge is 2.27. The van der Waals surface area contributed by atoms with Crippen LogP contribution in [0.1, 0.15) is 19.7 Å². The fraction of sp³-hybridized carbons (Fsp3) is 0.500. The molecular weight excluding hydrogens is 178 g/mol. The number of carboxylic acid groups (broad SMARTS) is 1. The van der Waals surface area contributed by atoms with Crippen LogP contribution in [-0.2, 0) is 5.54 Å². The number of carbonyl (C=O) groups is 1. The number of aromatic nitrogens is 2. The Balaban J connectivity index is 2.92. The summed E-state index contributed by atoms with van der Waals surface area (Å²) in [6.45, 7) is 3.10. The molecule has 1 heterocycles. The van der Waals surface area contributed by atoms with Crippen molar-refractivity contribution in [3.8, 4) is 0 Å². The van der Waals surface area contributed by atoms with Crippen LogP contribution in [0.4, 0.5) is 4.79 Å². The molecule has 1 aromatic heterocycles. The first-order valence-corrected chi connectivity index (χ1v) is 3.49. The molecule has 0 bridgehead atoms. The third-order valence-corrected chi connectivity index (χ3v) is 1.45. The van der Waals surface area contributed by atoms with Crippen LogP contribution in [0.15, 0.2) is 9.32 Å². The Bertz CT molecular complexity index is 364. The largest absolute Gasteiger partial charge is 0.465 e. The van der Waals surface area contributed by atoms with Crippen LogP contribution in [0.25, 0.3) is 0 Å². The van der Waals surface area contributed by atoms with Crippen LogP contribution in [0.5, 0.6) is 0 Å². The third kappa shape index (κ3) is 2.08. The summed E-state index contributed by atoms with van der Waals surface area (Å²) in [4.78, 5) is 23.2. The first kappa shape index (κ1) is 9.30. The van der Waals surface area contributed by atoms with Crippen molar-refractivity contribution in [2.45, 2.75) is 19.4 Å². The first-order valence-electron chi connectivity index (χ1n) is 3.49. The average Bonchev–Trinajstić information content (AvgIpc) is 2.32. The summed E-state index contributed by atoms with van der Waals surface area (Å²) >= 11 is 0. The Hall–Kier alpha value is -1.79. The van der Waals surface area contributed by atoms with Gasteiger partial charge in [-0.3, -0.25) is 9.51 Å². The molecule has 0 unspecified atom stereocenters. The lowest BCUT2D eigenvalue weighted by Gasteiger charge is -2.19. The van der Waals surface area contributed by atoms with E-state index < -0.39 is 17.4 Å². The fourth-order valence-corrected chi connectivity index (χ4v) is 0.826. The van der Waals surface area contributed by atoms with E-state index in [9.17, 15) is 9.59 Å². The van der Waals surface area contributed by atoms with Crippen molar-refractivity contribution in [1.29, 1.82) is 0 Å². The smallest absolute Gasteiger partial charge is 0.438 e. The van der Waals surface area contributed by atoms with Gasteiger partial charge in [-0.25, -0.2) is 9.59 Å². The second-order valence-corrected chi connectivity index (χ2v) is 3.00. The van der Waals surface area contributed by atoms with Crippen molar-refractivity contribution in [3.05, 3.63) is 16.4 Å². The zero-order valence-corrected chi connectivity index (χ0v) is 7.12. The predicted molar refractivity (Wildman–Crippen MR) is 41.3 cm³/mol. The maximum atomic E-state index is 10.6. The molecule has 13 heavy (non-hydrogen) atoms. The number of amides is 1. The number of nitrogens with zero attached hydrogens (tertiary/aromatic N) is 1. The van der Waals surface area contributed by atoms with Gasteiger partial charge in [0.15, 0.2) is 5.82 Å². The minimum atomic E-state index is -1.20. The predicted octanol–water partition coefficient (Wildman–Crippen LogP) is -0.134. The van der Waals surface area contributed by atoms with Gasteiger partial charge in [0.2, 0.25) is 0 Å². The molecule has 0 aliphatic carbocycles. The molecule has 0 atom stereocenters. The van der Waals surface area contributed by atoms with Crippen molar-refractivity contribution in [2.75, 3.05) is 0 Å². The molecule has 0 saturated heterocycles. The molecule has 0 aliphatic heterocycles. The highest BCUT2D eigenvalue weighted by Crippen LogP contribution is 2.13. The number of aromatic amines is 1. The molecule has 0 aromatic carbocycles. The molecule has 1 aromatic rings. The SMILES string of the molecule is CC(C)(NC(=O)O)c1noc(=O)[nH]1. The van der Waals surface area contributed by atoms with E-state index in [1.807, 2.05) is 0 Å². The standard InChI is InChI=1S/C6H9N3O4/c1-6(2,8-4(10)11)3-7-5(12)13-9-3/h8H,1-2H3,(H,10,11)(H,7,9,12). The minimum Gasteiger partial charge on any atom is -0.465 e.